The molecule has 30 heavy (non-hydrogen) atoms. The Bertz CT molecular complexity index is 1110. The molecule has 3 aromatic heterocycles. The third-order valence-corrected chi connectivity index (χ3v) is 7.41. The van der Waals surface area contributed by atoms with Crippen LogP contribution in [-0.2, 0) is 13.0 Å². The molecule has 10 heteroatoms. The molecule has 2 atom stereocenters. The van der Waals surface area contributed by atoms with Crippen LogP contribution in [0.15, 0.2) is 11.2 Å². The van der Waals surface area contributed by atoms with Gasteiger partial charge in [-0.1, -0.05) is 0 Å². The van der Waals surface area contributed by atoms with Gasteiger partial charge in [0, 0.05) is 35.0 Å². The topological polar surface area (TPSA) is 118 Å². The summed E-state index contributed by atoms with van der Waals surface area (Å²) in [6.45, 7) is 4.50. The fourth-order valence-corrected chi connectivity index (χ4v) is 5.73. The lowest BCUT2D eigenvalue weighted by Gasteiger charge is -2.20. The maximum absolute atomic E-state index is 6.57. The number of halogens is 1. The molecule has 3 aromatic rings. The van der Waals surface area contributed by atoms with E-state index in [1.807, 2.05) is 24.7 Å². The molecule has 1 fully saturated rings. The third-order valence-electron chi connectivity index (χ3n) is 5.88. The van der Waals surface area contributed by atoms with Crippen molar-refractivity contribution in [3.05, 3.63) is 28.7 Å². The summed E-state index contributed by atoms with van der Waals surface area (Å²) in [5, 5.41) is 7.14. The van der Waals surface area contributed by atoms with Crippen molar-refractivity contribution in [3.8, 4) is 5.75 Å². The summed E-state index contributed by atoms with van der Waals surface area (Å²) in [5.74, 6) is 1.79. The first kappa shape index (κ1) is 21.1. The number of hydrogen-bond donors (Lipinski definition) is 2. The van der Waals surface area contributed by atoms with Crippen LogP contribution in [0.1, 0.15) is 35.4 Å². The highest BCUT2D eigenvalue weighted by Crippen LogP contribution is 2.46. The maximum Gasteiger partial charge on any atom is 0.223 e. The standard InChI is InChI=1S/C20H25N7OS.ClH/c1-9-7-23-14(10(2)16(9)28-3)8-27-18-15-13(26-27)6-12(21)17(11-4-5-11)29-19(15)25-20(22)24-18;/h7,11-12,17H,4-6,8,21H2,1-3H3,(H2,22,24,25);1H. The van der Waals surface area contributed by atoms with Crippen LogP contribution >= 0.6 is 24.2 Å². The number of hydrogen-bond acceptors (Lipinski definition) is 8. The summed E-state index contributed by atoms with van der Waals surface area (Å²) in [6.07, 6.45) is 5.04. The van der Waals surface area contributed by atoms with E-state index in [1.165, 1.54) is 12.8 Å². The van der Waals surface area contributed by atoms with Crippen molar-refractivity contribution >= 4 is 41.2 Å². The van der Waals surface area contributed by atoms with Gasteiger partial charge >= 0.3 is 0 Å². The summed E-state index contributed by atoms with van der Waals surface area (Å²) in [6, 6.07) is 0.0498. The largest absolute Gasteiger partial charge is 0.496 e. The van der Waals surface area contributed by atoms with Gasteiger partial charge in [0.1, 0.15) is 10.8 Å². The normalized spacial score (nSPS) is 20.7. The first-order valence-electron chi connectivity index (χ1n) is 9.90. The van der Waals surface area contributed by atoms with Gasteiger partial charge in [-0.05, 0) is 32.6 Å². The highest BCUT2D eigenvalue weighted by molar-refractivity contribution is 8.00. The molecule has 8 nitrogen and oxygen atoms in total. The molecule has 0 spiro atoms. The van der Waals surface area contributed by atoms with Crippen LogP contribution in [0.2, 0.25) is 0 Å². The molecule has 1 aliphatic carbocycles. The molecule has 0 saturated heterocycles. The fraction of sp³-hybridized carbons (Fsp3) is 0.500. The molecule has 2 aliphatic rings. The molecule has 0 bridgehead atoms. The zero-order valence-corrected chi connectivity index (χ0v) is 18.9. The van der Waals surface area contributed by atoms with E-state index in [4.69, 9.17) is 21.3 Å². The molecular formula is C20H26ClN7OS. The number of thioether (sulfide) groups is 1. The van der Waals surface area contributed by atoms with Gasteiger partial charge in [-0.2, -0.15) is 10.1 Å². The van der Waals surface area contributed by atoms with E-state index in [0.29, 0.717) is 17.7 Å². The first-order valence-corrected chi connectivity index (χ1v) is 10.8. The zero-order chi connectivity index (χ0) is 20.3. The quantitative estimate of drug-likeness (QED) is 0.586. The number of pyridine rings is 1. The molecule has 0 amide bonds. The minimum atomic E-state index is 0. The smallest absolute Gasteiger partial charge is 0.223 e. The second-order valence-corrected chi connectivity index (χ2v) is 9.19. The predicted octanol–water partition coefficient (Wildman–Crippen LogP) is 2.65. The summed E-state index contributed by atoms with van der Waals surface area (Å²) in [5.41, 5.74) is 17.3. The number of nitrogen functional groups attached to an aromatic ring is 1. The van der Waals surface area contributed by atoms with Crippen LogP contribution in [-0.4, -0.2) is 43.1 Å². The number of aryl methyl sites for hydroxylation is 1. The lowest BCUT2D eigenvalue weighted by molar-refractivity contribution is 0.406. The van der Waals surface area contributed by atoms with Crippen LogP contribution in [0.4, 0.5) is 5.95 Å². The van der Waals surface area contributed by atoms with Crippen molar-refractivity contribution in [2.75, 3.05) is 12.8 Å². The van der Waals surface area contributed by atoms with Gasteiger partial charge in [0.15, 0.2) is 5.65 Å². The van der Waals surface area contributed by atoms with Crippen molar-refractivity contribution in [3.63, 3.8) is 0 Å². The summed E-state index contributed by atoms with van der Waals surface area (Å²) in [7, 11) is 1.68. The van der Waals surface area contributed by atoms with Crippen molar-refractivity contribution in [2.24, 2.45) is 11.7 Å². The SMILES string of the molecule is COc1c(C)cnc(Cn2nc3c4c(nc(N)nc42)SC(C2CC2)C(N)C3)c1C.Cl. The van der Waals surface area contributed by atoms with Crippen molar-refractivity contribution < 1.29 is 4.74 Å². The second-order valence-electron chi connectivity index (χ2n) is 8.02. The minimum Gasteiger partial charge on any atom is -0.496 e. The van der Waals surface area contributed by atoms with Gasteiger partial charge in [0.2, 0.25) is 5.95 Å². The summed E-state index contributed by atoms with van der Waals surface area (Å²) < 4.78 is 7.43. The number of anilines is 1. The van der Waals surface area contributed by atoms with Crippen molar-refractivity contribution in [2.45, 2.75) is 56.0 Å². The van der Waals surface area contributed by atoms with Crippen molar-refractivity contribution in [1.82, 2.24) is 24.7 Å². The highest BCUT2D eigenvalue weighted by atomic mass is 35.5. The fourth-order valence-electron chi connectivity index (χ4n) is 4.26. The van der Waals surface area contributed by atoms with Crippen LogP contribution in [0.5, 0.6) is 5.75 Å². The van der Waals surface area contributed by atoms with E-state index in [9.17, 15) is 0 Å². The lowest BCUT2D eigenvalue weighted by Crippen LogP contribution is -2.35. The maximum atomic E-state index is 6.57. The monoisotopic (exact) mass is 447 g/mol. The van der Waals surface area contributed by atoms with Crippen LogP contribution in [0.25, 0.3) is 11.0 Å². The van der Waals surface area contributed by atoms with Gasteiger partial charge in [-0.15, -0.1) is 24.2 Å². The third kappa shape index (κ3) is 3.48. The van der Waals surface area contributed by atoms with Crippen LogP contribution in [0, 0.1) is 19.8 Å². The van der Waals surface area contributed by atoms with E-state index in [1.54, 1.807) is 18.9 Å². The molecule has 0 aromatic carbocycles. The Labute approximate surface area is 185 Å². The first-order chi connectivity index (χ1) is 14.0. The Kier molecular flexibility index (Phi) is 5.54. The van der Waals surface area contributed by atoms with E-state index in [0.717, 1.165) is 50.7 Å². The number of nitrogens with two attached hydrogens (primary N) is 2. The average molecular weight is 448 g/mol. The summed E-state index contributed by atoms with van der Waals surface area (Å²) >= 11 is 1.75. The van der Waals surface area contributed by atoms with E-state index in [-0.39, 0.29) is 24.4 Å². The van der Waals surface area contributed by atoms with Gasteiger partial charge in [-0.25, -0.2) is 9.67 Å². The zero-order valence-electron chi connectivity index (χ0n) is 17.3. The Morgan fingerprint density at radius 1 is 1.27 bits per heavy atom. The Morgan fingerprint density at radius 2 is 2.03 bits per heavy atom. The number of rotatable bonds is 4. The van der Waals surface area contributed by atoms with E-state index >= 15 is 0 Å². The molecular weight excluding hydrogens is 422 g/mol. The molecule has 1 saturated carbocycles. The molecule has 2 unspecified atom stereocenters. The van der Waals surface area contributed by atoms with Gasteiger partial charge in [-0.3, -0.25) is 4.98 Å². The second kappa shape index (κ2) is 7.86. The molecule has 160 valence electrons. The molecule has 0 radical (unpaired) electrons. The number of nitrogens with zero attached hydrogens (tertiary/aromatic N) is 5. The van der Waals surface area contributed by atoms with E-state index in [2.05, 4.69) is 15.0 Å². The van der Waals surface area contributed by atoms with Crippen LogP contribution in [0.3, 0.4) is 0 Å². The average Bonchev–Trinajstić information content (AvgIpc) is 3.47. The molecule has 4 N–H and O–H groups in total. The van der Waals surface area contributed by atoms with Gasteiger partial charge in [0.25, 0.3) is 0 Å². The minimum absolute atomic E-state index is 0. The highest BCUT2D eigenvalue weighted by Gasteiger charge is 2.39. The predicted molar refractivity (Wildman–Crippen MR) is 120 cm³/mol. The van der Waals surface area contributed by atoms with Crippen LogP contribution < -0.4 is 16.2 Å². The van der Waals surface area contributed by atoms with E-state index < -0.39 is 0 Å². The van der Waals surface area contributed by atoms with Crippen molar-refractivity contribution in [1.29, 1.82) is 0 Å². The number of ether oxygens (including phenoxy) is 1. The lowest BCUT2D eigenvalue weighted by atomic mass is 10.0. The molecule has 4 heterocycles. The van der Waals surface area contributed by atoms with Gasteiger partial charge < -0.3 is 16.2 Å². The Hall–Kier alpha value is -2.10. The number of methoxy groups -OCH3 is 1. The Balaban J connectivity index is 0.00000218. The molecule has 5 rings (SSSR count). The number of aromatic nitrogens is 5. The Morgan fingerprint density at radius 3 is 2.73 bits per heavy atom. The molecule has 1 aliphatic heterocycles. The van der Waals surface area contributed by atoms with Gasteiger partial charge in [0.05, 0.1) is 30.4 Å². The summed E-state index contributed by atoms with van der Waals surface area (Å²) in [4.78, 5) is 13.7.